The van der Waals surface area contributed by atoms with E-state index in [2.05, 4.69) is 0 Å². The minimum atomic E-state index is -1.04. The quantitative estimate of drug-likeness (QED) is 0.732. The van der Waals surface area contributed by atoms with Gasteiger partial charge in [-0.05, 0) is 30.9 Å². The van der Waals surface area contributed by atoms with E-state index in [1.165, 1.54) is 34.9 Å². The predicted octanol–water partition coefficient (Wildman–Crippen LogP) is 1.48. The summed E-state index contributed by atoms with van der Waals surface area (Å²) in [4.78, 5) is 25.4. The fraction of sp³-hybridized carbons (Fsp3) is 0.429. The molecule has 21 heavy (non-hydrogen) atoms. The van der Waals surface area contributed by atoms with Gasteiger partial charge in [-0.3, -0.25) is 4.79 Å². The Morgan fingerprint density at radius 2 is 1.95 bits per heavy atom. The van der Waals surface area contributed by atoms with Crippen molar-refractivity contribution in [1.82, 2.24) is 4.90 Å². The first-order valence-corrected chi connectivity index (χ1v) is 7.73. The first-order valence-electron chi connectivity index (χ1n) is 6.68. The lowest BCUT2D eigenvalue weighted by Crippen LogP contribution is -2.46. The lowest BCUT2D eigenvalue weighted by Gasteiger charge is -2.27. The number of amides is 1. The Hall–Kier alpha value is -1.89. The average Bonchev–Trinajstić information content (AvgIpc) is 3.19. The largest absolute Gasteiger partial charge is 0.504 e. The molecule has 1 amide bonds. The van der Waals surface area contributed by atoms with Crippen molar-refractivity contribution in [2.75, 3.05) is 5.75 Å². The van der Waals surface area contributed by atoms with Crippen LogP contribution in [0.2, 0.25) is 0 Å². The highest BCUT2D eigenvalue weighted by molar-refractivity contribution is 8.00. The maximum absolute atomic E-state index is 12.7. The van der Waals surface area contributed by atoms with Crippen LogP contribution < -0.4 is 0 Å². The summed E-state index contributed by atoms with van der Waals surface area (Å²) in [5.41, 5.74) is -0.0607. The molecule has 2 fully saturated rings. The Bertz CT molecular complexity index is 601. The number of carboxylic acids is 1. The number of aromatic hydroxyl groups is 2. The van der Waals surface area contributed by atoms with Crippen LogP contribution in [0.25, 0.3) is 0 Å². The van der Waals surface area contributed by atoms with Crippen LogP contribution in [0, 0.1) is 5.92 Å². The number of phenols is 2. The molecule has 1 saturated heterocycles. The van der Waals surface area contributed by atoms with Crippen molar-refractivity contribution in [3.05, 3.63) is 23.8 Å². The third-order valence-electron chi connectivity index (χ3n) is 3.82. The maximum atomic E-state index is 12.7. The van der Waals surface area contributed by atoms with Gasteiger partial charge < -0.3 is 20.2 Å². The number of benzene rings is 1. The Labute approximate surface area is 125 Å². The number of hydrogen-bond acceptors (Lipinski definition) is 5. The molecule has 2 atom stereocenters. The summed E-state index contributed by atoms with van der Waals surface area (Å²) in [6.07, 6.45) is 1.97. The zero-order chi connectivity index (χ0) is 15.1. The second-order valence-electron chi connectivity index (χ2n) is 5.30. The van der Waals surface area contributed by atoms with Gasteiger partial charge in [-0.25, -0.2) is 4.79 Å². The molecule has 0 radical (unpaired) electrons. The van der Waals surface area contributed by atoms with E-state index in [0.29, 0.717) is 11.7 Å². The Morgan fingerprint density at radius 1 is 1.24 bits per heavy atom. The van der Waals surface area contributed by atoms with Gasteiger partial charge in [0.25, 0.3) is 5.91 Å². The molecule has 1 heterocycles. The summed E-state index contributed by atoms with van der Waals surface area (Å²) in [6.45, 7) is 0. The number of aliphatic carboxylic acids is 1. The van der Waals surface area contributed by atoms with Gasteiger partial charge in [0.1, 0.15) is 6.04 Å². The fourth-order valence-corrected chi connectivity index (χ4v) is 4.19. The summed E-state index contributed by atoms with van der Waals surface area (Å²) >= 11 is 1.47. The molecule has 1 aromatic carbocycles. The van der Waals surface area contributed by atoms with Gasteiger partial charge in [0.05, 0.1) is 10.9 Å². The zero-order valence-corrected chi connectivity index (χ0v) is 11.9. The molecule has 112 valence electrons. The van der Waals surface area contributed by atoms with Crippen molar-refractivity contribution >= 4 is 23.6 Å². The molecular weight excluding hydrogens is 294 g/mol. The summed E-state index contributed by atoms with van der Waals surface area (Å²) in [6, 6.07) is 3.23. The molecule has 1 aliphatic heterocycles. The maximum Gasteiger partial charge on any atom is 0.327 e. The van der Waals surface area contributed by atoms with Gasteiger partial charge >= 0.3 is 5.97 Å². The average molecular weight is 309 g/mol. The van der Waals surface area contributed by atoms with Crippen molar-refractivity contribution in [3.63, 3.8) is 0 Å². The number of phenolic OH excluding ortho intramolecular Hbond substituents is 2. The Morgan fingerprint density at radius 3 is 2.57 bits per heavy atom. The second-order valence-corrected chi connectivity index (χ2v) is 6.45. The molecule has 0 aromatic heterocycles. The van der Waals surface area contributed by atoms with Crippen LogP contribution >= 0.6 is 11.8 Å². The van der Waals surface area contributed by atoms with Gasteiger partial charge in [-0.15, -0.1) is 11.8 Å². The van der Waals surface area contributed by atoms with Gasteiger partial charge in [0, 0.05) is 5.75 Å². The smallest absolute Gasteiger partial charge is 0.327 e. The normalized spacial score (nSPS) is 25.0. The molecule has 3 rings (SSSR count). The molecule has 7 heteroatoms. The van der Waals surface area contributed by atoms with Crippen LogP contribution in [0.5, 0.6) is 11.5 Å². The van der Waals surface area contributed by atoms with Crippen molar-refractivity contribution in [2.24, 2.45) is 5.92 Å². The topological polar surface area (TPSA) is 98.1 Å². The molecule has 3 N–H and O–H groups in total. The van der Waals surface area contributed by atoms with Crippen molar-refractivity contribution < 1.29 is 24.9 Å². The Balaban J connectivity index is 1.96. The molecule has 6 nitrogen and oxygen atoms in total. The van der Waals surface area contributed by atoms with E-state index in [1.807, 2.05) is 0 Å². The second kappa shape index (κ2) is 5.14. The van der Waals surface area contributed by atoms with Crippen molar-refractivity contribution in [2.45, 2.75) is 24.3 Å². The molecule has 2 unspecified atom stereocenters. The van der Waals surface area contributed by atoms with Crippen LogP contribution in [0.1, 0.15) is 23.2 Å². The minimum Gasteiger partial charge on any atom is -0.504 e. The van der Waals surface area contributed by atoms with Gasteiger partial charge in [-0.2, -0.15) is 0 Å². The third-order valence-corrected chi connectivity index (χ3v) is 5.29. The zero-order valence-electron chi connectivity index (χ0n) is 11.1. The van der Waals surface area contributed by atoms with Crippen molar-refractivity contribution in [1.29, 1.82) is 0 Å². The van der Waals surface area contributed by atoms with E-state index >= 15 is 0 Å². The van der Waals surface area contributed by atoms with Crippen LogP contribution in [-0.4, -0.2) is 49.3 Å². The molecular formula is C14H15NO5S. The van der Waals surface area contributed by atoms with E-state index in [9.17, 15) is 24.9 Å². The monoisotopic (exact) mass is 309 g/mol. The number of carboxylic acid groups (broad SMARTS) is 1. The first-order chi connectivity index (χ1) is 10.0. The van der Waals surface area contributed by atoms with Gasteiger partial charge in [0.2, 0.25) is 0 Å². The molecule has 2 aliphatic rings. The summed E-state index contributed by atoms with van der Waals surface area (Å²) < 4.78 is 0. The number of nitrogens with zero attached hydrogens (tertiary/aromatic N) is 1. The SMILES string of the molecule is O=C(O)C1CSC(C2CC2)N1C(=O)c1cccc(O)c1O. The van der Waals surface area contributed by atoms with Gasteiger partial charge in [0.15, 0.2) is 11.5 Å². The number of carbonyl (C=O) groups excluding carboxylic acids is 1. The summed E-state index contributed by atoms with van der Waals surface area (Å²) in [5.74, 6) is -1.80. The standard InChI is InChI=1S/C14H15NO5S/c16-10-3-1-2-8(11(10)17)12(18)15-9(14(19)20)6-21-13(15)7-4-5-7/h1-3,7,9,13,16-17H,4-6H2,(H,19,20). The fourth-order valence-electron chi connectivity index (χ4n) is 2.56. The van der Waals surface area contributed by atoms with E-state index < -0.39 is 23.7 Å². The molecule has 1 saturated carbocycles. The first kappa shape index (κ1) is 14.1. The van der Waals surface area contributed by atoms with E-state index in [0.717, 1.165) is 12.8 Å². The number of hydrogen-bond donors (Lipinski definition) is 3. The summed E-state index contributed by atoms with van der Waals surface area (Å²) in [7, 11) is 0. The molecule has 1 aromatic rings. The molecule has 1 aliphatic carbocycles. The van der Waals surface area contributed by atoms with Gasteiger partial charge in [-0.1, -0.05) is 6.07 Å². The number of carbonyl (C=O) groups is 2. The van der Waals surface area contributed by atoms with Crippen LogP contribution in [0.4, 0.5) is 0 Å². The Kier molecular flexibility index (Phi) is 3.44. The van der Waals surface area contributed by atoms with E-state index in [-0.39, 0.29) is 16.7 Å². The highest BCUT2D eigenvalue weighted by atomic mass is 32.2. The molecule has 0 spiro atoms. The predicted molar refractivity (Wildman–Crippen MR) is 76.3 cm³/mol. The van der Waals surface area contributed by atoms with Crippen LogP contribution in [0.15, 0.2) is 18.2 Å². The highest BCUT2D eigenvalue weighted by Crippen LogP contribution is 2.46. The van der Waals surface area contributed by atoms with Crippen LogP contribution in [-0.2, 0) is 4.79 Å². The summed E-state index contributed by atoms with van der Waals surface area (Å²) in [5, 5.41) is 28.5. The molecule has 0 bridgehead atoms. The van der Waals surface area contributed by atoms with E-state index in [1.54, 1.807) is 0 Å². The lowest BCUT2D eigenvalue weighted by atomic mass is 10.1. The number of para-hydroxylation sites is 1. The third kappa shape index (κ3) is 2.42. The van der Waals surface area contributed by atoms with Crippen molar-refractivity contribution in [3.8, 4) is 11.5 Å². The number of rotatable bonds is 3. The minimum absolute atomic E-state index is 0.0607. The lowest BCUT2D eigenvalue weighted by molar-refractivity contribution is -0.141. The van der Waals surface area contributed by atoms with E-state index in [4.69, 9.17) is 0 Å². The number of thioether (sulfide) groups is 1. The highest BCUT2D eigenvalue weighted by Gasteiger charge is 2.48. The van der Waals surface area contributed by atoms with Crippen LogP contribution in [0.3, 0.4) is 0 Å².